The first-order chi connectivity index (χ1) is 8.75. The van der Waals surface area contributed by atoms with Gasteiger partial charge >= 0.3 is 0 Å². The zero-order valence-corrected chi connectivity index (χ0v) is 11.0. The molecule has 2 nitrogen and oxygen atoms in total. The molecule has 18 heavy (non-hydrogen) atoms. The van der Waals surface area contributed by atoms with Crippen LogP contribution in [0.1, 0.15) is 11.3 Å². The minimum absolute atomic E-state index is 0.778. The molecule has 1 aromatic heterocycles. The second-order valence-corrected chi connectivity index (χ2v) is 4.85. The molecule has 90 valence electrons. The van der Waals surface area contributed by atoms with Crippen LogP contribution in [0.5, 0.6) is 0 Å². The Morgan fingerprint density at radius 3 is 2.67 bits per heavy atom. The molecule has 2 aromatic carbocycles. The zero-order chi connectivity index (χ0) is 12.5. The van der Waals surface area contributed by atoms with Crippen molar-refractivity contribution >= 4 is 23.0 Å². The number of nitrogens with one attached hydrogen (secondary N) is 1. The van der Waals surface area contributed by atoms with Crippen molar-refractivity contribution in [2.45, 2.75) is 13.5 Å². The van der Waals surface area contributed by atoms with Crippen LogP contribution in [0.15, 0.2) is 48.7 Å². The van der Waals surface area contributed by atoms with Gasteiger partial charge in [-0.1, -0.05) is 42.5 Å². The second-order valence-electron chi connectivity index (χ2n) is 4.46. The summed E-state index contributed by atoms with van der Waals surface area (Å²) in [6.45, 7) is 2.88. The average molecular weight is 254 g/mol. The number of fused-ring (bicyclic) bond motifs is 1. The third-order valence-electron chi connectivity index (χ3n) is 3.28. The summed E-state index contributed by atoms with van der Waals surface area (Å²) in [5.74, 6) is 0. The summed E-state index contributed by atoms with van der Waals surface area (Å²) >= 11 is 5.30. The van der Waals surface area contributed by atoms with E-state index in [0.29, 0.717) is 0 Å². The third kappa shape index (κ3) is 1.87. The van der Waals surface area contributed by atoms with Crippen LogP contribution in [0.3, 0.4) is 0 Å². The molecule has 0 fully saturated rings. The van der Waals surface area contributed by atoms with Crippen molar-refractivity contribution in [2.24, 2.45) is 0 Å². The summed E-state index contributed by atoms with van der Waals surface area (Å²) < 4.78 is 2.90. The predicted molar refractivity (Wildman–Crippen MR) is 77.4 cm³/mol. The lowest BCUT2D eigenvalue weighted by Crippen LogP contribution is -2.02. The Kier molecular flexibility index (Phi) is 2.76. The normalized spacial score (nSPS) is 10.9. The number of benzene rings is 2. The molecule has 0 saturated carbocycles. The summed E-state index contributed by atoms with van der Waals surface area (Å²) in [6.07, 6.45) is 1.95. The highest BCUT2D eigenvalue weighted by Crippen LogP contribution is 2.20. The Bertz CT molecular complexity index is 747. The van der Waals surface area contributed by atoms with Gasteiger partial charge in [0.1, 0.15) is 0 Å². The number of rotatable bonds is 2. The quantitative estimate of drug-likeness (QED) is 0.684. The fourth-order valence-electron chi connectivity index (χ4n) is 2.28. The molecule has 0 aliphatic carbocycles. The highest BCUT2D eigenvalue weighted by Gasteiger charge is 2.04. The van der Waals surface area contributed by atoms with Crippen LogP contribution in [0.2, 0.25) is 0 Å². The van der Waals surface area contributed by atoms with Gasteiger partial charge in [-0.3, -0.25) is 0 Å². The fraction of sp³-hybridized carbons (Fsp3) is 0.133. The first-order valence-electron chi connectivity index (χ1n) is 5.97. The third-order valence-corrected chi connectivity index (χ3v) is 3.62. The minimum Gasteiger partial charge on any atom is -0.337 e. The lowest BCUT2D eigenvalue weighted by atomic mass is 10.0. The van der Waals surface area contributed by atoms with Gasteiger partial charge in [0.2, 0.25) is 0 Å². The van der Waals surface area contributed by atoms with E-state index >= 15 is 0 Å². The number of H-pyrrole nitrogens is 1. The molecule has 0 saturated heterocycles. The smallest absolute Gasteiger partial charge is 0.177 e. The van der Waals surface area contributed by atoms with Crippen LogP contribution >= 0.6 is 12.2 Å². The van der Waals surface area contributed by atoms with E-state index in [2.05, 4.69) is 58.9 Å². The number of hydrogen-bond acceptors (Lipinski definition) is 1. The minimum atomic E-state index is 0.778. The van der Waals surface area contributed by atoms with Crippen molar-refractivity contribution in [1.29, 1.82) is 0 Å². The maximum atomic E-state index is 5.30. The van der Waals surface area contributed by atoms with Crippen molar-refractivity contribution in [1.82, 2.24) is 9.55 Å². The molecule has 0 spiro atoms. The highest BCUT2D eigenvalue weighted by atomic mass is 32.1. The molecular weight excluding hydrogens is 240 g/mol. The molecule has 0 bridgehead atoms. The largest absolute Gasteiger partial charge is 0.337 e. The first-order valence-corrected chi connectivity index (χ1v) is 6.38. The van der Waals surface area contributed by atoms with Crippen LogP contribution in [-0.2, 0) is 6.54 Å². The van der Waals surface area contributed by atoms with Crippen LogP contribution in [0.25, 0.3) is 10.8 Å². The van der Waals surface area contributed by atoms with E-state index in [9.17, 15) is 0 Å². The summed E-state index contributed by atoms with van der Waals surface area (Å²) in [7, 11) is 0. The molecule has 0 unspecified atom stereocenters. The highest BCUT2D eigenvalue weighted by molar-refractivity contribution is 7.71. The van der Waals surface area contributed by atoms with E-state index < -0.39 is 0 Å². The Hall–Kier alpha value is -1.87. The molecule has 3 heteroatoms. The van der Waals surface area contributed by atoms with Crippen molar-refractivity contribution in [3.05, 3.63) is 64.7 Å². The Morgan fingerprint density at radius 1 is 1.11 bits per heavy atom. The summed E-state index contributed by atoms with van der Waals surface area (Å²) in [5.41, 5.74) is 2.46. The predicted octanol–water partition coefficient (Wildman–Crippen LogP) is 4.06. The van der Waals surface area contributed by atoms with Gasteiger partial charge in [0.15, 0.2) is 4.77 Å². The molecule has 0 radical (unpaired) electrons. The Morgan fingerprint density at radius 2 is 1.89 bits per heavy atom. The molecular formula is C15H14N2S. The van der Waals surface area contributed by atoms with Gasteiger partial charge in [-0.05, 0) is 35.5 Å². The standard InChI is InChI=1S/C15H14N2S/c1-11-9-16-15(18)17(11)10-13-7-4-6-12-5-2-3-8-14(12)13/h2-9H,10H2,1H3,(H,16,18). The summed E-state index contributed by atoms with van der Waals surface area (Å²) in [5, 5.41) is 2.57. The molecule has 1 heterocycles. The van der Waals surface area contributed by atoms with E-state index in [0.717, 1.165) is 17.0 Å². The van der Waals surface area contributed by atoms with E-state index in [4.69, 9.17) is 12.2 Å². The summed E-state index contributed by atoms with van der Waals surface area (Å²) in [4.78, 5) is 3.08. The van der Waals surface area contributed by atoms with Gasteiger partial charge in [0.05, 0.1) is 6.54 Å². The second kappa shape index (κ2) is 4.42. The lowest BCUT2D eigenvalue weighted by molar-refractivity contribution is 0.762. The molecule has 0 aliphatic rings. The monoisotopic (exact) mass is 254 g/mol. The molecule has 3 rings (SSSR count). The fourth-order valence-corrected chi connectivity index (χ4v) is 2.55. The molecule has 0 atom stereocenters. The maximum absolute atomic E-state index is 5.30. The van der Waals surface area contributed by atoms with Crippen molar-refractivity contribution in [2.75, 3.05) is 0 Å². The van der Waals surface area contributed by atoms with E-state index in [1.807, 2.05) is 6.20 Å². The van der Waals surface area contributed by atoms with E-state index in [-0.39, 0.29) is 0 Å². The van der Waals surface area contributed by atoms with Gasteiger partial charge in [0.25, 0.3) is 0 Å². The van der Waals surface area contributed by atoms with E-state index in [1.54, 1.807) is 0 Å². The number of nitrogens with zero attached hydrogens (tertiary/aromatic N) is 1. The molecule has 1 N–H and O–H groups in total. The first kappa shape index (κ1) is 11.2. The van der Waals surface area contributed by atoms with Gasteiger partial charge in [0, 0.05) is 11.9 Å². The van der Waals surface area contributed by atoms with Crippen LogP contribution in [-0.4, -0.2) is 9.55 Å². The van der Waals surface area contributed by atoms with Crippen LogP contribution < -0.4 is 0 Å². The molecule has 0 aliphatic heterocycles. The van der Waals surface area contributed by atoms with Gasteiger partial charge < -0.3 is 9.55 Å². The van der Waals surface area contributed by atoms with Crippen molar-refractivity contribution in [3.8, 4) is 0 Å². The number of hydrogen-bond donors (Lipinski definition) is 1. The lowest BCUT2D eigenvalue weighted by Gasteiger charge is -2.09. The van der Waals surface area contributed by atoms with Crippen LogP contribution in [0, 0.1) is 11.7 Å². The van der Waals surface area contributed by atoms with Crippen molar-refractivity contribution in [3.63, 3.8) is 0 Å². The Labute approximate surface area is 111 Å². The number of imidazole rings is 1. The van der Waals surface area contributed by atoms with Gasteiger partial charge in [-0.2, -0.15) is 0 Å². The van der Waals surface area contributed by atoms with Gasteiger partial charge in [-0.25, -0.2) is 0 Å². The van der Waals surface area contributed by atoms with E-state index in [1.165, 1.54) is 16.3 Å². The zero-order valence-electron chi connectivity index (χ0n) is 10.2. The molecule has 3 aromatic rings. The average Bonchev–Trinajstić information content (AvgIpc) is 2.71. The number of aromatic nitrogens is 2. The van der Waals surface area contributed by atoms with Gasteiger partial charge in [-0.15, -0.1) is 0 Å². The SMILES string of the molecule is Cc1c[nH]c(=S)n1Cc1cccc2ccccc12. The number of aromatic amines is 1. The Balaban J connectivity index is 2.13. The summed E-state index contributed by atoms with van der Waals surface area (Å²) in [6, 6.07) is 14.9. The number of aryl methyl sites for hydroxylation is 1. The molecule has 0 amide bonds. The van der Waals surface area contributed by atoms with Crippen molar-refractivity contribution < 1.29 is 0 Å². The topological polar surface area (TPSA) is 20.7 Å². The van der Waals surface area contributed by atoms with Crippen LogP contribution in [0.4, 0.5) is 0 Å². The maximum Gasteiger partial charge on any atom is 0.177 e.